The van der Waals surface area contributed by atoms with Crippen molar-refractivity contribution in [1.82, 2.24) is 0 Å². The molecule has 0 aliphatic heterocycles. The van der Waals surface area contributed by atoms with Crippen LogP contribution in [-0.2, 0) is 5.41 Å². The van der Waals surface area contributed by atoms with Crippen LogP contribution in [-0.4, -0.2) is 25.5 Å². The molecule has 0 bridgehead atoms. The minimum Gasteiger partial charge on any atom is -0.503 e. The van der Waals surface area contributed by atoms with Gasteiger partial charge in [0.05, 0.1) is 5.41 Å². The minimum atomic E-state index is -1.00. The highest BCUT2D eigenvalue weighted by Crippen LogP contribution is 2.58. The summed E-state index contributed by atoms with van der Waals surface area (Å²) >= 11 is 0. The third-order valence-corrected chi connectivity index (χ3v) is 7.10. The van der Waals surface area contributed by atoms with Crippen molar-refractivity contribution in [2.24, 2.45) is 0 Å². The quantitative estimate of drug-likeness (QED) is 0.128. The highest BCUT2D eigenvalue weighted by atomic mass is 16.4. The van der Waals surface area contributed by atoms with Crippen LogP contribution in [0.25, 0.3) is 11.1 Å². The number of benzene rings is 5. The third kappa shape index (κ3) is 3.12. The Bertz CT molecular complexity index is 1580. The highest BCUT2D eigenvalue weighted by molar-refractivity contribution is 5.89. The Labute approximate surface area is 213 Å². The lowest BCUT2D eigenvalue weighted by Gasteiger charge is -2.34. The van der Waals surface area contributed by atoms with E-state index in [2.05, 4.69) is 41.7 Å². The van der Waals surface area contributed by atoms with Gasteiger partial charge in [-0.25, -0.2) is 0 Å². The molecule has 6 N–H and O–H groups in total. The molecule has 6 nitrogen and oxygen atoms in total. The first-order valence-corrected chi connectivity index (χ1v) is 11.8. The Morgan fingerprint density at radius 2 is 0.946 bits per heavy atom. The number of phenolic OH excluding ortho intramolecular Hbond substituents is 5. The average molecular weight is 490 g/mol. The van der Waals surface area contributed by atoms with Crippen LogP contribution in [0.1, 0.15) is 22.3 Å². The van der Waals surface area contributed by atoms with Crippen LogP contribution in [0.15, 0.2) is 103 Å². The van der Waals surface area contributed by atoms with Crippen LogP contribution < -0.4 is 5.32 Å². The van der Waals surface area contributed by atoms with Gasteiger partial charge < -0.3 is 30.8 Å². The van der Waals surface area contributed by atoms with Gasteiger partial charge in [0, 0.05) is 5.69 Å². The standard InChI is InChI=1S/C31H23NO5/c33-26-25(27(34)29(36)30(37)28(26)35)32-20-15-16-22-21-13-7-8-14-23(21)31(24(22)17-20,18-9-3-1-4-10-18)19-11-5-2-6-12-19/h1-17,32-37H. The third-order valence-electron chi connectivity index (χ3n) is 7.10. The summed E-state index contributed by atoms with van der Waals surface area (Å²) in [5.74, 6) is -4.44. The molecule has 0 spiro atoms. The van der Waals surface area contributed by atoms with Crippen molar-refractivity contribution >= 4 is 11.4 Å². The summed E-state index contributed by atoms with van der Waals surface area (Å²) in [5, 5.41) is 53.5. The van der Waals surface area contributed by atoms with E-state index in [1.165, 1.54) is 0 Å². The molecule has 182 valence electrons. The molecule has 1 aliphatic carbocycles. The lowest BCUT2D eigenvalue weighted by molar-refractivity contribution is 0.330. The SMILES string of the molecule is Oc1c(O)c(O)c(Nc2ccc3c(c2)C(c2ccccc2)(c2ccccc2)c2ccccc2-3)c(O)c1O. The molecule has 0 unspecified atom stereocenters. The highest BCUT2D eigenvalue weighted by Gasteiger charge is 2.46. The molecule has 0 amide bonds. The molecule has 37 heavy (non-hydrogen) atoms. The smallest absolute Gasteiger partial charge is 0.208 e. The number of nitrogens with one attached hydrogen (secondary N) is 1. The first-order valence-electron chi connectivity index (χ1n) is 11.8. The van der Waals surface area contributed by atoms with E-state index in [4.69, 9.17) is 0 Å². The molecule has 1 aliphatic rings. The predicted molar refractivity (Wildman–Crippen MR) is 142 cm³/mol. The van der Waals surface area contributed by atoms with Gasteiger partial charge in [0.25, 0.3) is 0 Å². The second-order valence-corrected chi connectivity index (χ2v) is 9.03. The minimum absolute atomic E-state index is 0.326. The Kier molecular flexibility index (Phi) is 4.98. The molecule has 0 heterocycles. The molecule has 5 aromatic rings. The van der Waals surface area contributed by atoms with Crippen LogP contribution in [0.5, 0.6) is 28.7 Å². The summed E-state index contributed by atoms with van der Waals surface area (Å²) in [6.45, 7) is 0. The van der Waals surface area contributed by atoms with E-state index in [1.807, 2.05) is 60.7 Å². The first kappa shape index (κ1) is 22.4. The second-order valence-electron chi connectivity index (χ2n) is 9.03. The van der Waals surface area contributed by atoms with E-state index >= 15 is 0 Å². The number of fused-ring (bicyclic) bond motifs is 3. The van der Waals surface area contributed by atoms with Gasteiger partial charge in [-0.15, -0.1) is 0 Å². The van der Waals surface area contributed by atoms with E-state index in [-0.39, 0.29) is 5.69 Å². The van der Waals surface area contributed by atoms with E-state index in [9.17, 15) is 25.5 Å². The molecule has 0 saturated heterocycles. The second kappa shape index (κ2) is 8.24. The summed E-state index contributed by atoms with van der Waals surface area (Å²) < 4.78 is 0. The lowest BCUT2D eigenvalue weighted by Crippen LogP contribution is -2.28. The van der Waals surface area contributed by atoms with Crippen molar-refractivity contribution in [3.05, 3.63) is 125 Å². The molecular weight excluding hydrogens is 466 g/mol. The maximum atomic E-state index is 10.4. The molecule has 6 heteroatoms. The van der Waals surface area contributed by atoms with Gasteiger partial charge in [-0.05, 0) is 45.5 Å². The summed E-state index contributed by atoms with van der Waals surface area (Å²) in [4.78, 5) is 0. The van der Waals surface area contributed by atoms with Crippen molar-refractivity contribution < 1.29 is 25.5 Å². The Hall–Kier alpha value is -5.10. The summed E-state index contributed by atoms with van der Waals surface area (Å²) in [7, 11) is 0. The van der Waals surface area contributed by atoms with Crippen LogP contribution >= 0.6 is 0 Å². The Morgan fingerprint density at radius 1 is 0.459 bits per heavy atom. The monoisotopic (exact) mass is 489 g/mol. The zero-order valence-electron chi connectivity index (χ0n) is 19.6. The van der Waals surface area contributed by atoms with Crippen LogP contribution in [0, 0.1) is 0 Å². The van der Waals surface area contributed by atoms with Crippen LogP contribution in [0.3, 0.4) is 0 Å². The topological polar surface area (TPSA) is 113 Å². The summed E-state index contributed by atoms with van der Waals surface area (Å²) in [6.07, 6.45) is 0. The average Bonchev–Trinajstić information content (AvgIpc) is 3.24. The molecule has 0 aromatic heterocycles. The number of hydrogen-bond donors (Lipinski definition) is 6. The number of anilines is 2. The van der Waals surface area contributed by atoms with Gasteiger partial charge >= 0.3 is 0 Å². The number of hydrogen-bond acceptors (Lipinski definition) is 6. The zero-order valence-corrected chi connectivity index (χ0v) is 19.6. The van der Waals surface area contributed by atoms with Crippen molar-refractivity contribution in [2.75, 3.05) is 5.32 Å². The van der Waals surface area contributed by atoms with Gasteiger partial charge in [0.1, 0.15) is 5.69 Å². The lowest BCUT2D eigenvalue weighted by atomic mass is 9.67. The van der Waals surface area contributed by atoms with Gasteiger partial charge in [0.15, 0.2) is 11.5 Å². The Balaban J connectivity index is 1.62. The molecule has 0 radical (unpaired) electrons. The van der Waals surface area contributed by atoms with E-state index in [0.717, 1.165) is 33.4 Å². The van der Waals surface area contributed by atoms with E-state index < -0.39 is 34.2 Å². The van der Waals surface area contributed by atoms with Crippen molar-refractivity contribution in [2.45, 2.75) is 5.41 Å². The van der Waals surface area contributed by atoms with Crippen LogP contribution in [0.2, 0.25) is 0 Å². The molecular formula is C31H23NO5. The first-order chi connectivity index (χ1) is 17.9. The Morgan fingerprint density at radius 3 is 1.54 bits per heavy atom. The summed E-state index contributed by atoms with van der Waals surface area (Å²) in [6, 6.07) is 34.4. The fourth-order valence-corrected chi connectivity index (χ4v) is 5.47. The van der Waals surface area contributed by atoms with Gasteiger partial charge in [-0.3, -0.25) is 0 Å². The number of aromatic hydroxyl groups is 5. The van der Waals surface area contributed by atoms with E-state index in [1.54, 1.807) is 6.07 Å². The summed E-state index contributed by atoms with van der Waals surface area (Å²) in [5.41, 5.74) is 5.94. The normalized spacial score (nSPS) is 13.1. The van der Waals surface area contributed by atoms with Gasteiger partial charge in [0.2, 0.25) is 17.2 Å². The molecule has 0 fully saturated rings. The number of phenols is 5. The predicted octanol–water partition coefficient (Wildman–Crippen LogP) is 6.32. The number of rotatable bonds is 4. The van der Waals surface area contributed by atoms with E-state index in [0.29, 0.717) is 5.69 Å². The molecule has 5 aromatic carbocycles. The van der Waals surface area contributed by atoms with Crippen molar-refractivity contribution in [3.8, 4) is 39.9 Å². The van der Waals surface area contributed by atoms with Crippen molar-refractivity contribution in [1.29, 1.82) is 0 Å². The molecule has 0 atom stereocenters. The van der Waals surface area contributed by atoms with Gasteiger partial charge in [-0.1, -0.05) is 91.0 Å². The molecule has 0 saturated carbocycles. The molecule has 6 rings (SSSR count). The zero-order chi connectivity index (χ0) is 25.7. The fourth-order valence-electron chi connectivity index (χ4n) is 5.47. The largest absolute Gasteiger partial charge is 0.503 e. The van der Waals surface area contributed by atoms with Crippen LogP contribution in [0.4, 0.5) is 11.4 Å². The van der Waals surface area contributed by atoms with Crippen molar-refractivity contribution in [3.63, 3.8) is 0 Å². The fraction of sp³-hybridized carbons (Fsp3) is 0.0323. The van der Waals surface area contributed by atoms with Gasteiger partial charge in [-0.2, -0.15) is 0 Å². The maximum Gasteiger partial charge on any atom is 0.208 e. The maximum absolute atomic E-state index is 10.4.